The summed E-state index contributed by atoms with van der Waals surface area (Å²) < 4.78 is 4.97. The van der Waals surface area contributed by atoms with Gasteiger partial charge in [0, 0.05) is 43.9 Å². The predicted octanol–water partition coefficient (Wildman–Crippen LogP) is 17.0. The van der Waals surface area contributed by atoms with Gasteiger partial charge in [-0.1, -0.05) is 184 Å². The smallest absolute Gasteiger partial charge is 0.0583 e. The lowest BCUT2D eigenvalue weighted by atomic mass is 9.82. The lowest BCUT2D eigenvalue weighted by Crippen LogP contribution is -2.16. The molecule has 1 aliphatic rings. The van der Waals surface area contributed by atoms with Gasteiger partial charge >= 0.3 is 0 Å². The van der Waals surface area contributed by atoms with Crippen LogP contribution in [-0.2, 0) is 5.41 Å². The van der Waals surface area contributed by atoms with E-state index in [1.54, 1.807) is 0 Å². The molecule has 312 valence electrons. The minimum atomic E-state index is -0.124. The van der Waals surface area contributed by atoms with Crippen LogP contribution in [0.3, 0.4) is 0 Å². The fraction of sp³-hybridized carbons (Fsp3) is 0.0476. The van der Waals surface area contributed by atoms with E-state index in [4.69, 9.17) is 0 Å². The zero-order valence-corrected chi connectivity index (χ0v) is 36.9. The maximum absolute atomic E-state index is 2.52. The number of hydrogen-bond acceptors (Lipinski definition) is 1. The molecule has 12 aromatic rings. The molecule has 0 N–H and O–H groups in total. The fourth-order valence-electron chi connectivity index (χ4n) is 11.1. The van der Waals surface area contributed by atoms with Crippen molar-refractivity contribution >= 4 is 60.7 Å². The van der Waals surface area contributed by atoms with E-state index in [2.05, 4.69) is 264 Å². The first-order chi connectivity index (χ1) is 32.5. The van der Waals surface area contributed by atoms with Gasteiger partial charge in [0.25, 0.3) is 0 Å². The van der Waals surface area contributed by atoms with E-state index >= 15 is 0 Å². The van der Waals surface area contributed by atoms with E-state index in [1.165, 1.54) is 66.0 Å². The average Bonchev–Trinajstić information content (AvgIpc) is 3.97. The second kappa shape index (κ2) is 14.8. The van der Waals surface area contributed by atoms with Crippen LogP contribution >= 0.6 is 0 Å². The van der Waals surface area contributed by atoms with Crippen molar-refractivity contribution in [2.24, 2.45) is 0 Å². The van der Waals surface area contributed by atoms with Crippen LogP contribution in [0.2, 0.25) is 0 Å². The van der Waals surface area contributed by atoms with Crippen molar-refractivity contribution in [3.63, 3.8) is 0 Å². The molecule has 2 heterocycles. The lowest BCUT2D eigenvalue weighted by Gasteiger charge is -2.30. The third-order valence-electron chi connectivity index (χ3n) is 14.1. The number of fused-ring (bicyclic) bond motifs is 9. The monoisotopic (exact) mass is 843 g/mol. The third-order valence-corrected chi connectivity index (χ3v) is 14.1. The van der Waals surface area contributed by atoms with E-state index in [0.29, 0.717) is 0 Å². The van der Waals surface area contributed by atoms with Gasteiger partial charge in [0.2, 0.25) is 0 Å². The molecule has 10 aromatic carbocycles. The van der Waals surface area contributed by atoms with Gasteiger partial charge in [-0.25, -0.2) is 0 Å². The summed E-state index contributed by atoms with van der Waals surface area (Å²) in [6.07, 6.45) is 0. The van der Waals surface area contributed by atoms with E-state index in [1.807, 2.05) is 0 Å². The Balaban J connectivity index is 1.19. The van der Waals surface area contributed by atoms with Gasteiger partial charge in [-0.3, -0.25) is 0 Å². The van der Waals surface area contributed by atoms with Crippen LogP contribution in [0, 0.1) is 0 Å². The number of nitrogens with zero attached hydrogens (tertiary/aromatic N) is 3. The largest absolute Gasteiger partial charge is 0.310 e. The highest BCUT2D eigenvalue weighted by molar-refractivity contribution is 6.17. The van der Waals surface area contributed by atoms with Crippen molar-refractivity contribution in [1.29, 1.82) is 0 Å². The second-order valence-corrected chi connectivity index (χ2v) is 18.1. The van der Waals surface area contributed by atoms with Gasteiger partial charge in [0.1, 0.15) is 0 Å². The third kappa shape index (κ3) is 5.76. The molecule has 13 rings (SSSR count). The molecular formula is C63H45N3. The number of hydrogen-bond donors (Lipinski definition) is 0. The standard InChI is InChI=1S/C63H45N3/c1-63(2)54-30-16-12-26-48(54)53-39-46(35-36-55(53)63)64(59-37-34-44(42-20-6-3-7-21-42)38-52(59)43-22-8-4-9-23-43)47-40-60-62(51-29-15-19-33-58(51)65(60)45-24-10-5-11-25-45)61(41-47)66-56-31-17-13-27-49(56)50-28-14-18-32-57(50)66/h3-41H,1-2H3. The summed E-state index contributed by atoms with van der Waals surface area (Å²) in [6, 6.07) is 87.2. The fourth-order valence-corrected chi connectivity index (χ4v) is 11.1. The topological polar surface area (TPSA) is 13.1 Å². The molecule has 0 amide bonds. The molecule has 0 bridgehead atoms. The number of para-hydroxylation sites is 4. The molecule has 0 saturated heterocycles. The van der Waals surface area contributed by atoms with Crippen LogP contribution in [0.1, 0.15) is 25.0 Å². The Kier molecular flexibility index (Phi) is 8.56. The van der Waals surface area contributed by atoms with Gasteiger partial charge in [0.05, 0.1) is 39.1 Å². The molecule has 3 nitrogen and oxygen atoms in total. The Morgan fingerprint density at radius 2 is 0.909 bits per heavy atom. The van der Waals surface area contributed by atoms with Crippen LogP contribution in [-0.4, -0.2) is 9.13 Å². The van der Waals surface area contributed by atoms with Crippen molar-refractivity contribution in [2.75, 3.05) is 4.90 Å². The van der Waals surface area contributed by atoms with Gasteiger partial charge < -0.3 is 14.0 Å². The second-order valence-electron chi connectivity index (χ2n) is 18.1. The van der Waals surface area contributed by atoms with Gasteiger partial charge in [-0.05, 0) is 106 Å². The molecule has 0 spiro atoms. The SMILES string of the molecule is CC1(C)c2ccccc2-c2cc(N(c3cc(-n4c5ccccc5c5ccccc54)c4c5ccccc5n(-c5ccccc5)c4c3)c3ccc(-c4ccccc4)cc3-c3ccccc3)ccc21. The first kappa shape index (κ1) is 38.1. The quantitative estimate of drug-likeness (QED) is 0.156. The Bertz CT molecular complexity index is 3780. The molecule has 0 radical (unpaired) electrons. The van der Waals surface area contributed by atoms with E-state index < -0.39 is 0 Å². The van der Waals surface area contributed by atoms with Gasteiger partial charge in [0.15, 0.2) is 0 Å². The molecule has 0 unspecified atom stereocenters. The van der Waals surface area contributed by atoms with Crippen LogP contribution in [0.15, 0.2) is 237 Å². The minimum Gasteiger partial charge on any atom is -0.310 e. The summed E-state index contributed by atoms with van der Waals surface area (Å²) >= 11 is 0. The molecule has 0 saturated carbocycles. The molecule has 1 aliphatic carbocycles. The number of rotatable bonds is 7. The molecule has 3 heteroatoms. The number of anilines is 3. The van der Waals surface area contributed by atoms with E-state index in [-0.39, 0.29) is 5.41 Å². The predicted molar refractivity (Wildman–Crippen MR) is 278 cm³/mol. The maximum atomic E-state index is 2.52. The van der Waals surface area contributed by atoms with E-state index in [0.717, 1.165) is 50.6 Å². The van der Waals surface area contributed by atoms with Crippen molar-refractivity contribution < 1.29 is 0 Å². The molecule has 0 atom stereocenters. The lowest BCUT2D eigenvalue weighted by molar-refractivity contribution is 0.660. The molecule has 0 aliphatic heterocycles. The Labute approximate surface area is 384 Å². The first-order valence-corrected chi connectivity index (χ1v) is 22.9. The Hall–Kier alpha value is -8.40. The van der Waals surface area contributed by atoms with Crippen LogP contribution in [0.4, 0.5) is 17.1 Å². The zero-order valence-electron chi connectivity index (χ0n) is 36.9. The normalized spacial score (nSPS) is 12.8. The Morgan fingerprint density at radius 3 is 1.61 bits per heavy atom. The van der Waals surface area contributed by atoms with Gasteiger partial charge in [-0.2, -0.15) is 0 Å². The highest BCUT2D eigenvalue weighted by atomic mass is 15.2. The van der Waals surface area contributed by atoms with Crippen molar-refractivity contribution in [1.82, 2.24) is 9.13 Å². The zero-order chi connectivity index (χ0) is 43.9. The molecular weight excluding hydrogens is 799 g/mol. The van der Waals surface area contributed by atoms with Crippen LogP contribution < -0.4 is 4.90 Å². The van der Waals surface area contributed by atoms with Crippen molar-refractivity contribution in [2.45, 2.75) is 19.3 Å². The highest BCUT2D eigenvalue weighted by Gasteiger charge is 2.36. The summed E-state index contributed by atoms with van der Waals surface area (Å²) in [5.74, 6) is 0. The van der Waals surface area contributed by atoms with E-state index in [9.17, 15) is 0 Å². The number of aromatic nitrogens is 2. The molecule has 0 fully saturated rings. The average molecular weight is 844 g/mol. The maximum Gasteiger partial charge on any atom is 0.0583 e. The summed E-state index contributed by atoms with van der Waals surface area (Å²) in [6.45, 7) is 4.72. The highest BCUT2D eigenvalue weighted by Crippen LogP contribution is 2.52. The van der Waals surface area contributed by atoms with Crippen molar-refractivity contribution in [3.05, 3.63) is 248 Å². The molecule has 2 aromatic heterocycles. The van der Waals surface area contributed by atoms with Gasteiger partial charge in [-0.15, -0.1) is 0 Å². The summed E-state index contributed by atoms with van der Waals surface area (Å²) in [5, 5.41) is 4.88. The molecule has 66 heavy (non-hydrogen) atoms. The number of benzene rings is 10. The summed E-state index contributed by atoms with van der Waals surface area (Å²) in [4.78, 5) is 2.52. The van der Waals surface area contributed by atoms with Crippen LogP contribution in [0.25, 0.3) is 88.4 Å². The summed E-state index contributed by atoms with van der Waals surface area (Å²) in [7, 11) is 0. The Morgan fingerprint density at radius 1 is 0.348 bits per heavy atom. The minimum absolute atomic E-state index is 0.124. The van der Waals surface area contributed by atoms with Crippen LogP contribution in [0.5, 0.6) is 0 Å². The first-order valence-electron chi connectivity index (χ1n) is 22.9. The summed E-state index contributed by atoms with van der Waals surface area (Å²) in [5.41, 5.74) is 20.0. The van der Waals surface area contributed by atoms with Crippen molar-refractivity contribution in [3.8, 4) is 44.8 Å².